The van der Waals surface area contributed by atoms with E-state index in [0.29, 0.717) is 0 Å². The highest BCUT2D eigenvalue weighted by Gasteiger charge is 2.20. The molecule has 1 aliphatic heterocycles. The normalized spacial score (nSPS) is 16.0. The Hall–Kier alpha value is -2.10. The van der Waals surface area contributed by atoms with Crippen molar-refractivity contribution in [1.82, 2.24) is 0 Å². The highest BCUT2D eigenvalue weighted by molar-refractivity contribution is 5.48. The van der Waals surface area contributed by atoms with E-state index in [9.17, 15) is 8.78 Å². The molecular formula is C17H18F2N2. The van der Waals surface area contributed by atoms with Crippen LogP contribution in [0.15, 0.2) is 48.5 Å². The average molecular weight is 288 g/mol. The predicted octanol–water partition coefficient (Wildman–Crippen LogP) is 4.05. The van der Waals surface area contributed by atoms with Gasteiger partial charge in [-0.3, -0.25) is 0 Å². The maximum absolute atomic E-state index is 13.6. The Labute approximate surface area is 123 Å². The minimum Gasteiger partial charge on any atom is -0.380 e. The Morgan fingerprint density at radius 3 is 2.38 bits per heavy atom. The van der Waals surface area contributed by atoms with Gasteiger partial charge in [-0.2, -0.15) is 0 Å². The van der Waals surface area contributed by atoms with Gasteiger partial charge in [0.2, 0.25) is 0 Å². The van der Waals surface area contributed by atoms with Crippen LogP contribution in [-0.4, -0.2) is 19.1 Å². The van der Waals surface area contributed by atoms with Gasteiger partial charge in [-0.1, -0.05) is 18.2 Å². The molecule has 1 fully saturated rings. The van der Waals surface area contributed by atoms with Crippen LogP contribution in [0.25, 0.3) is 0 Å². The summed E-state index contributed by atoms with van der Waals surface area (Å²) in [5, 5.41) is 3.12. The maximum atomic E-state index is 13.6. The number of anilines is 2. The minimum atomic E-state index is -0.416. The van der Waals surface area contributed by atoms with Gasteiger partial charge in [0.25, 0.3) is 0 Å². The van der Waals surface area contributed by atoms with Gasteiger partial charge in [-0.25, -0.2) is 8.78 Å². The summed E-state index contributed by atoms with van der Waals surface area (Å²) in [6.07, 6.45) is 1.82. The third-order valence-electron chi connectivity index (χ3n) is 3.90. The summed E-state index contributed by atoms with van der Waals surface area (Å²) in [6.45, 7) is 1.83. The Bertz CT molecular complexity index is 593. The number of para-hydroxylation sites is 1. The lowest BCUT2D eigenvalue weighted by molar-refractivity contribution is 0.521. The molecule has 0 bridgehead atoms. The topological polar surface area (TPSA) is 15.3 Å². The van der Waals surface area contributed by atoms with Crippen molar-refractivity contribution >= 4 is 11.4 Å². The van der Waals surface area contributed by atoms with Gasteiger partial charge in [0.15, 0.2) is 0 Å². The Kier molecular flexibility index (Phi) is 4.04. The summed E-state index contributed by atoms with van der Waals surface area (Å²) in [6, 6.07) is 14.0. The number of piperidine rings is 1. The van der Waals surface area contributed by atoms with Crippen LogP contribution in [0.3, 0.4) is 0 Å². The van der Waals surface area contributed by atoms with Gasteiger partial charge in [-0.15, -0.1) is 0 Å². The number of hydrogen-bond donors (Lipinski definition) is 1. The van der Waals surface area contributed by atoms with Crippen molar-refractivity contribution in [3.8, 4) is 0 Å². The molecule has 1 heterocycles. The first-order valence-electron chi connectivity index (χ1n) is 7.24. The number of nitrogens with one attached hydrogen (secondary N) is 1. The van der Waals surface area contributed by atoms with Gasteiger partial charge < -0.3 is 10.2 Å². The Morgan fingerprint density at radius 2 is 1.67 bits per heavy atom. The molecule has 1 saturated heterocycles. The van der Waals surface area contributed by atoms with Crippen LogP contribution < -0.4 is 10.2 Å². The number of rotatable bonds is 3. The number of hydrogen-bond acceptors (Lipinski definition) is 2. The van der Waals surface area contributed by atoms with Crippen molar-refractivity contribution in [3.63, 3.8) is 0 Å². The quantitative estimate of drug-likeness (QED) is 0.916. The number of halogens is 2. The summed E-state index contributed by atoms with van der Waals surface area (Å²) in [5.41, 5.74) is 1.47. The lowest BCUT2D eigenvalue weighted by Gasteiger charge is -2.34. The van der Waals surface area contributed by atoms with Gasteiger partial charge in [0.1, 0.15) is 11.6 Å². The number of nitrogens with zero attached hydrogens (tertiary/aromatic N) is 1. The van der Waals surface area contributed by atoms with E-state index >= 15 is 0 Å². The van der Waals surface area contributed by atoms with E-state index in [1.54, 1.807) is 0 Å². The van der Waals surface area contributed by atoms with Gasteiger partial charge in [0, 0.05) is 24.8 Å². The maximum Gasteiger partial charge on any atom is 0.146 e. The molecule has 110 valence electrons. The average Bonchev–Trinajstić information content (AvgIpc) is 2.53. The third kappa shape index (κ3) is 3.32. The van der Waals surface area contributed by atoms with Crippen LogP contribution in [-0.2, 0) is 0 Å². The fraction of sp³-hybridized carbons (Fsp3) is 0.294. The fourth-order valence-electron chi connectivity index (χ4n) is 2.75. The molecule has 2 aromatic carbocycles. The Morgan fingerprint density at radius 1 is 0.952 bits per heavy atom. The molecule has 0 amide bonds. The second kappa shape index (κ2) is 6.12. The SMILES string of the molecule is Fc1ccc(F)c(NC2CCN(c3ccccc3)CC2)c1. The smallest absolute Gasteiger partial charge is 0.146 e. The van der Waals surface area contributed by atoms with E-state index in [2.05, 4.69) is 22.3 Å². The molecule has 1 N–H and O–H groups in total. The van der Waals surface area contributed by atoms with Crippen molar-refractivity contribution in [2.24, 2.45) is 0 Å². The molecule has 4 heteroatoms. The lowest BCUT2D eigenvalue weighted by Crippen LogP contribution is -2.39. The summed E-state index contributed by atoms with van der Waals surface area (Å²) < 4.78 is 26.8. The van der Waals surface area contributed by atoms with E-state index in [-0.39, 0.29) is 11.7 Å². The molecule has 2 nitrogen and oxygen atoms in total. The molecule has 3 rings (SSSR count). The molecule has 0 atom stereocenters. The predicted molar refractivity (Wildman–Crippen MR) is 81.7 cm³/mol. The van der Waals surface area contributed by atoms with E-state index in [0.717, 1.165) is 38.1 Å². The zero-order chi connectivity index (χ0) is 14.7. The molecule has 0 aromatic heterocycles. The van der Waals surface area contributed by atoms with Crippen molar-refractivity contribution in [2.45, 2.75) is 18.9 Å². The Balaban J connectivity index is 1.60. The monoisotopic (exact) mass is 288 g/mol. The molecule has 21 heavy (non-hydrogen) atoms. The molecule has 0 unspecified atom stereocenters. The molecule has 2 aromatic rings. The van der Waals surface area contributed by atoms with Crippen LogP contribution in [0.4, 0.5) is 20.2 Å². The van der Waals surface area contributed by atoms with Gasteiger partial charge in [-0.05, 0) is 43.2 Å². The van der Waals surface area contributed by atoms with Crippen LogP contribution in [0.1, 0.15) is 12.8 Å². The van der Waals surface area contributed by atoms with E-state index in [1.807, 2.05) is 18.2 Å². The summed E-state index contributed by atoms with van der Waals surface area (Å²) in [5.74, 6) is -0.817. The first-order chi connectivity index (χ1) is 10.2. The first-order valence-corrected chi connectivity index (χ1v) is 7.24. The molecule has 0 saturated carbocycles. The summed E-state index contributed by atoms with van der Waals surface area (Å²) in [7, 11) is 0. The fourth-order valence-corrected chi connectivity index (χ4v) is 2.75. The molecule has 1 aliphatic rings. The first kappa shape index (κ1) is 13.9. The number of benzene rings is 2. The van der Waals surface area contributed by atoms with Gasteiger partial charge in [0.05, 0.1) is 5.69 Å². The summed E-state index contributed by atoms with van der Waals surface area (Å²) >= 11 is 0. The third-order valence-corrected chi connectivity index (χ3v) is 3.90. The second-order valence-electron chi connectivity index (χ2n) is 5.37. The molecule has 0 radical (unpaired) electrons. The van der Waals surface area contributed by atoms with Crippen molar-refractivity contribution in [3.05, 3.63) is 60.2 Å². The largest absolute Gasteiger partial charge is 0.380 e. The zero-order valence-electron chi connectivity index (χ0n) is 11.7. The molecular weight excluding hydrogens is 270 g/mol. The molecule has 0 spiro atoms. The van der Waals surface area contributed by atoms with Crippen molar-refractivity contribution < 1.29 is 8.78 Å². The highest BCUT2D eigenvalue weighted by Crippen LogP contribution is 2.23. The summed E-state index contributed by atoms with van der Waals surface area (Å²) in [4.78, 5) is 2.32. The highest BCUT2D eigenvalue weighted by atomic mass is 19.1. The standard InChI is InChI=1S/C17H18F2N2/c18-13-6-7-16(19)17(12-13)20-14-8-10-21(11-9-14)15-4-2-1-3-5-15/h1-7,12,14,20H,8-11H2. The van der Waals surface area contributed by atoms with E-state index in [1.165, 1.54) is 11.8 Å². The van der Waals surface area contributed by atoms with Gasteiger partial charge >= 0.3 is 0 Å². The van der Waals surface area contributed by atoms with Crippen LogP contribution >= 0.6 is 0 Å². The van der Waals surface area contributed by atoms with E-state index in [4.69, 9.17) is 0 Å². The van der Waals surface area contributed by atoms with E-state index < -0.39 is 11.6 Å². The van der Waals surface area contributed by atoms with Crippen molar-refractivity contribution in [1.29, 1.82) is 0 Å². The van der Waals surface area contributed by atoms with Crippen LogP contribution in [0, 0.1) is 11.6 Å². The van der Waals surface area contributed by atoms with Crippen LogP contribution in [0.5, 0.6) is 0 Å². The molecule has 0 aliphatic carbocycles. The van der Waals surface area contributed by atoms with Crippen LogP contribution in [0.2, 0.25) is 0 Å². The second-order valence-corrected chi connectivity index (χ2v) is 5.37. The lowest BCUT2D eigenvalue weighted by atomic mass is 10.0. The van der Waals surface area contributed by atoms with Crippen molar-refractivity contribution in [2.75, 3.05) is 23.3 Å². The zero-order valence-corrected chi connectivity index (χ0v) is 11.7. The minimum absolute atomic E-state index is 0.182.